The number of hydrogen-bond donors (Lipinski definition) is 0. The zero-order valence-electron chi connectivity index (χ0n) is 13.3. The lowest BCUT2D eigenvalue weighted by atomic mass is 10.1. The molecule has 3 heteroatoms. The Labute approximate surface area is 140 Å². The molecule has 0 aromatic heterocycles. The van der Waals surface area contributed by atoms with Crippen LogP contribution in [0, 0.1) is 0 Å². The van der Waals surface area contributed by atoms with Crippen LogP contribution in [0.5, 0.6) is 5.75 Å². The number of ether oxygens (including phenoxy) is 2. The molecule has 1 aliphatic rings. The summed E-state index contributed by atoms with van der Waals surface area (Å²) in [5.74, 6) is 0.349. The lowest BCUT2D eigenvalue weighted by Crippen LogP contribution is -2.17. The van der Waals surface area contributed by atoms with Crippen LogP contribution in [-0.4, -0.2) is 12.6 Å². The third-order valence-electron chi connectivity index (χ3n) is 4.43. The van der Waals surface area contributed by atoms with Crippen molar-refractivity contribution in [3.8, 4) is 5.75 Å². The summed E-state index contributed by atoms with van der Waals surface area (Å²) in [7, 11) is 0. The number of esters is 1. The first-order valence-electron chi connectivity index (χ1n) is 8.18. The Bertz CT molecular complexity index is 885. The molecule has 3 nitrogen and oxygen atoms in total. The van der Waals surface area contributed by atoms with Crippen LogP contribution in [0.25, 0.3) is 10.8 Å². The highest BCUT2D eigenvalue weighted by atomic mass is 16.6. The predicted molar refractivity (Wildman–Crippen MR) is 93.0 cm³/mol. The van der Waals surface area contributed by atoms with Crippen LogP contribution in [0.1, 0.15) is 23.7 Å². The van der Waals surface area contributed by atoms with Crippen molar-refractivity contribution in [2.75, 3.05) is 6.61 Å². The number of carbonyl (C=O) groups is 1. The number of hydrogen-bond acceptors (Lipinski definition) is 3. The minimum absolute atomic E-state index is 0.0724. The van der Waals surface area contributed by atoms with E-state index < -0.39 is 0 Å². The van der Waals surface area contributed by atoms with Gasteiger partial charge in [0, 0.05) is 0 Å². The van der Waals surface area contributed by atoms with Gasteiger partial charge in [-0.15, -0.1) is 0 Å². The van der Waals surface area contributed by atoms with Gasteiger partial charge in [-0.25, -0.2) is 4.79 Å². The summed E-state index contributed by atoms with van der Waals surface area (Å²) < 4.78 is 11.2. The maximum atomic E-state index is 12.1. The minimum atomic E-state index is -0.329. The van der Waals surface area contributed by atoms with E-state index >= 15 is 0 Å². The molecule has 120 valence electrons. The van der Waals surface area contributed by atoms with Gasteiger partial charge in [-0.3, -0.25) is 0 Å². The van der Waals surface area contributed by atoms with Gasteiger partial charge in [-0.1, -0.05) is 54.6 Å². The molecule has 0 unspecified atom stereocenters. The minimum Gasteiger partial charge on any atom is -0.482 e. The maximum absolute atomic E-state index is 12.1. The van der Waals surface area contributed by atoms with Gasteiger partial charge in [0.1, 0.15) is 11.9 Å². The molecule has 0 aliphatic heterocycles. The first-order chi connectivity index (χ1) is 11.8. The van der Waals surface area contributed by atoms with Crippen molar-refractivity contribution < 1.29 is 14.3 Å². The number of fused-ring (bicyclic) bond motifs is 2. The zero-order chi connectivity index (χ0) is 16.4. The van der Waals surface area contributed by atoms with Gasteiger partial charge in [0.15, 0.2) is 6.61 Å². The molecule has 4 rings (SSSR count). The fraction of sp³-hybridized carbons (Fsp3) is 0.190. The normalized spacial score (nSPS) is 15.9. The van der Waals surface area contributed by atoms with Crippen LogP contribution >= 0.6 is 0 Å². The molecule has 0 radical (unpaired) electrons. The monoisotopic (exact) mass is 318 g/mol. The van der Waals surface area contributed by atoms with Gasteiger partial charge in [0.2, 0.25) is 0 Å². The number of benzene rings is 3. The molecule has 0 amide bonds. The van der Waals surface area contributed by atoms with Crippen LogP contribution in [0.4, 0.5) is 0 Å². The van der Waals surface area contributed by atoms with E-state index in [0.29, 0.717) is 5.75 Å². The Kier molecular flexibility index (Phi) is 3.91. The van der Waals surface area contributed by atoms with E-state index in [1.165, 1.54) is 5.56 Å². The number of carbonyl (C=O) groups excluding carboxylic acids is 1. The second-order valence-corrected chi connectivity index (χ2v) is 6.01. The van der Waals surface area contributed by atoms with Gasteiger partial charge in [0.05, 0.1) is 0 Å². The van der Waals surface area contributed by atoms with Crippen molar-refractivity contribution in [2.45, 2.75) is 18.9 Å². The second kappa shape index (κ2) is 6.36. The standard InChI is InChI=1S/C21H18O3/c22-21(24-20-12-10-16-6-3-4-8-19(16)20)14-23-18-11-9-15-5-1-2-7-17(15)13-18/h1-9,11,13,20H,10,12,14H2/t20-/m1/s1. The van der Waals surface area contributed by atoms with E-state index in [1.54, 1.807) is 0 Å². The van der Waals surface area contributed by atoms with Gasteiger partial charge < -0.3 is 9.47 Å². The lowest BCUT2D eigenvalue weighted by Gasteiger charge is -2.14. The van der Waals surface area contributed by atoms with Crippen LogP contribution < -0.4 is 4.74 Å². The Morgan fingerprint density at radius 1 is 0.958 bits per heavy atom. The molecule has 0 spiro atoms. The molecule has 3 aromatic rings. The van der Waals surface area contributed by atoms with Crippen molar-refractivity contribution in [3.05, 3.63) is 77.9 Å². The molecule has 24 heavy (non-hydrogen) atoms. The molecule has 0 N–H and O–H groups in total. The number of aryl methyl sites for hydroxylation is 1. The summed E-state index contributed by atoms with van der Waals surface area (Å²) >= 11 is 0. The highest BCUT2D eigenvalue weighted by Crippen LogP contribution is 2.33. The van der Waals surface area contributed by atoms with Crippen LogP contribution in [0.2, 0.25) is 0 Å². The SMILES string of the molecule is O=C(COc1ccc2ccccc2c1)O[C@@H]1CCc2ccccc21. The Morgan fingerprint density at radius 3 is 2.67 bits per heavy atom. The summed E-state index contributed by atoms with van der Waals surface area (Å²) in [6.45, 7) is -0.0724. The Balaban J connectivity index is 1.38. The summed E-state index contributed by atoms with van der Waals surface area (Å²) in [5.41, 5.74) is 2.39. The summed E-state index contributed by atoms with van der Waals surface area (Å²) in [6.07, 6.45) is 1.66. The first-order valence-corrected chi connectivity index (χ1v) is 8.18. The van der Waals surface area contributed by atoms with E-state index in [9.17, 15) is 4.79 Å². The van der Waals surface area contributed by atoms with Gasteiger partial charge in [-0.2, -0.15) is 0 Å². The maximum Gasteiger partial charge on any atom is 0.344 e. The fourth-order valence-corrected chi connectivity index (χ4v) is 3.23. The van der Waals surface area contributed by atoms with Gasteiger partial charge >= 0.3 is 5.97 Å². The summed E-state index contributed by atoms with van der Waals surface area (Å²) in [5, 5.41) is 2.24. The van der Waals surface area contributed by atoms with Crippen LogP contribution in [0.3, 0.4) is 0 Å². The molecule has 0 saturated heterocycles. The van der Waals surface area contributed by atoms with E-state index in [1.807, 2.05) is 60.7 Å². The van der Waals surface area contributed by atoms with Gasteiger partial charge in [-0.05, 0) is 46.9 Å². The third kappa shape index (κ3) is 2.98. The van der Waals surface area contributed by atoms with E-state index in [2.05, 4.69) is 6.07 Å². The predicted octanol–water partition coefficient (Wildman–Crippen LogP) is 4.45. The summed E-state index contributed by atoms with van der Waals surface area (Å²) in [4.78, 5) is 12.1. The second-order valence-electron chi connectivity index (χ2n) is 6.01. The molecular formula is C21H18O3. The van der Waals surface area contributed by atoms with E-state index in [4.69, 9.17) is 9.47 Å². The molecule has 0 bridgehead atoms. The molecular weight excluding hydrogens is 300 g/mol. The van der Waals surface area contributed by atoms with Crippen LogP contribution in [-0.2, 0) is 16.0 Å². The smallest absolute Gasteiger partial charge is 0.344 e. The topological polar surface area (TPSA) is 35.5 Å². The molecule has 0 heterocycles. The molecule has 1 atom stereocenters. The number of rotatable bonds is 4. The quantitative estimate of drug-likeness (QED) is 0.667. The van der Waals surface area contributed by atoms with Crippen molar-refractivity contribution in [1.82, 2.24) is 0 Å². The van der Waals surface area contributed by atoms with Crippen molar-refractivity contribution in [1.29, 1.82) is 0 Å². The fourth-order valence-electron chi connectivity index (χ4n) is 3.23. The zero-order valence-corrected chi connectivity index (χ0v) is 13.3. The van der Waals surface area contributed by atoms with Crippen LogP contribution in [0.15, 0.2) is 66.7 Å². The van der Waals surface area contributed by atoms with Crippen molar-refractivity contribution >= 4 is 16.7 Å². The molecule has 1 aliphatic carbocycles. The van der Waals surface area contributed by atoms with E-state index in [-0.39, 0.29) is 18.7 Å². The van der Waals surface area contributed by atoms with Crippen molar-refractivity contribution in [2.24, 2.45) is 0 Å². The third-order valence-corrected chi connectivity index (χ3v) is 4.43. The lowest BCUT2D eigenvalue weighted by molar-refractivity contribution is -0.151. The first kappa shape index (κ1) is 14.8. The highest BCUT2D eigenvalue weighted by Gasteiger charge is 2.25. The Hall–Kier alpha value is -2.81. The Morgan fingerprint density at radius 2 is 1.75 bits per heavy atom. The average Bonchev–Trinajstić information content (AvgIpc) is 3.03. The molecule has 0 saturated carbocycles. The largest absolute Gasteiger partial charge is 0.482 e. The van der Waals surface area contributed by atoms with Crippen molar-refractivity contribution in [3.63, 3.8) is 0 Å². The molecule has 3 aromatic carbocycles. The average molecular weight is 318 g/mol. The van der Waals surface area contributed by atoms with Gasteiger partial charge in [0.25, 0.3) is 0 Å². The van der Waals surface area contributed by atoms with E-state index in [0.717, 1.165) is 29.2 Å². The molecule has 0 fully saturated rings. The highest BCUT2D eigenvalue weighted by molar-refractivity contribution is 5.83. The summed E-state index contributed by atoms with van der Waals surface area (Å²) in [6, 6.07) is 22.0.